The summed E-state index contributed by atoms with van der Waals surface area (Å²) in [6.45, 7) is 3.35. The summed E-state index contributed by atoms with van der Waals surface area (Å²) in [5.41, 5.74) is 1.13. The number of likely N-dealkylation sites (tertiary alicyclic amines) is 1. The second kappa shape index (κ2) is 7.01. The van der Waals surface area contributed by atoms with Crippen LogP contribution in [0.1, 0.15) is 29.6 Å². The van der Waals surface area contributed by atoms with Crippen LogP contribution in [-0.4, -0.2) is 61.7 Å². The van der Waals surface area contributed by atoms with Crippen LogP contribution in [0.15, 0.2) is 18.2 Å². The molecule has 1 aromatic rings. The van der Waals surface area contributed by atoms with Crippen molar-refractivity contribution < 1.29 is 19.1 Å². The molecule has 7 heteroatoms. The quantitative estimate of drug-likeness (QED) is 0.854. The first-order chi connectivity index (χ1) is 12.2. The number of fused-ring (bicyclic) bond motifs is 1. The number of hydrogen-bond donors (Lipinski definition) is 2. The van der Waals surface area contributed by atoms with Crippen molar-refractivity contribution in [2.45, 2.75) is 31.3 Å². The Kier molecular flexibility index (Phi) is 4.59. The fourth-order valence-corrected chi connectivity index (χ4v) is 3.76. The number of nitrogens with one attached hydrogen (secondary N) is 2. The van der Waals surface area contributed by atoms with E-state index in [0.29, 0.717) is 30.2 Å². The van der Waals surface area contributed by atoms with Crippen LogP contribution < -0.4 is 15.4 Å². The largest absolute Gasteiger partial charge is 0.482 e. The van der Waals surface area contributed by atoms with Gasteiger partial charge in [-0.1, -0.05) is 6.42 Å². The molecule has 0 saturated carbocycles. The van der Waals surface area contributed by atoms with Crippen LogP contribution >= 0.6 is 0 Å². The Balaban J connectivity index is 1.43. The molecule has 4 rings (SSSR count). The van der Waals surface area contributed by atoms with Crippen molar-refractivity contribution in [1.29, 1.82) is 0 Å². The molecular formula is C18H23N3O4. The van der Waals surface area contributed by atoms with Crippen molar-refractivity contribution in [2.75, 3.05) is 38.2 Å². The van der Waals surface area contributed by atoms with Gasteiger partial charge in [-0.2, -0.15) is 0 Å². The van der Waals surface area contributed by atoms with E-state index in [1.54, 1.807) is 18.2 Å². The van der Waals surface area contributed by atoms with E-state index in [0.717, 1.165) is 13.1 Å². The minimum atomic E-state index is -0.183. The van der Waals surface area contributed by atoms with Gasteiger partial charge >= 0.3 is 0 Å². The summed E-state index contributed by atoms with van der Waals surface area (Å²) in [5.74, 6) is 0.209. The Bertz CT molecular complexity index is 672. The van der Waals surface area contributed by atoms with Crippen molar-refractivity contribution in [3.8, 4) is 5.75 Å². The molecule has 2 saturated heterocycles. The van der Waals surface area contributed by atoms with Crippen LogP contribution in [0.3, 0.4) is 0 Å². The maximum atomic E-state index is 12.7. The standard InChI is InChI=1S/C18H23N3O4/c22-17-11-25-16-8-12(4-5-13(16)19-17)18(23)20-14-9-24-10-15(14)21-6-2-1-3-7-21/h4-5,8,14-15H,1-3,6-7,9-11H2,(H,19,22)(H,20,23)/t14-,15-/m0/s1. The fourth-order valence-electron chi connectivity index (χ4n) is 3.76. The zero-order valence-corrected chi connectivity index (χ0v) is 14.1. The van der Waals surface area contributed by atoms with E-state index in [1.165, 1.54) is 19.3 Å². The Morgan fingerprint density at radius 3 is 2.88 bits per heavy atom. The van der Waals surface area contributed by atoms with Crippen LogP contribution in [-0.2, 0) is 9.53 Å². The van der Waals surface area contributed by atoms with Gasteiger partial charge in [0.25, 0.3) is 11.8 Å². The average Bonchev–Trinajstić information content (AvgIpc) is 3.10. The number of benzene rings is 1. The molecule has 1 aromatic carbocycles. The summed E-state index contributed by atoms with van der Waals surface area (Å²) in [6, 6.07) is 5.33. The van der Waals surface area contributed by atoms with E-state index in [9.17, 15) is 9.59 Å². The zero-order valence-electron chi connectivity index (χ0n) is 14.1. The summed E-state index contributed by atoms with van der Waals surface area (Å²) < 4.78 is 11.0. The number of carbonyl (C=O) groups excluding carboxylic acids is 2. The van der Waals surface area contributed by atoms with Gasteiger partial charge in [0.05, 0.1) is 31.0 Å². The summed E-state index contributed by atoms with van der Waals surface area (Å²) in [4.78, 5) is 26.4. The molecule has 3 heterocycles. The van der Waals surface area contributed by atoms with Crippen molar-refractivity contribution >= 4 is 17.5 Å². The molecule has 134 valence electrons. The lowest BCUT2D eigenvalue weighted by Crippen LogP contribution is -2.52. The predicted molar refractivity (Wildman–Crippen MR) is 91.9 cm³/mol. The molecule has 3 aliphatic heterocycles. The Morgan fingerprint density at radius 2 is 2.04 bits per heavy atom. The van der Waals surface area contributed by atoms with Crippen LogP contribution in [0, 0.1) is 0 Å². The van der Waals surface area contributed by atoms with Gasteiger partial charge in [0, 0.05) is 5.56 Å². The Hall–Kier alpha value is -2.12. The molecule has 2 atom stereocenters. The SMILES string of the molecule is O=C1COc2cc(C(=O)N[C@H]3COC[C@@H]3N3CCCCC3)ccc2N1. The first-order valence-corrected chi connectivity index (χ1v) is 8.90. The summed E-state index contributed by atoms with van der Waals surface area (Å²) in [7, 11) is 0. The third kappa shape index (κ3) is 3.48. The molecule has 0 radical (unpaired) electrons. The second-order valence-corrected chi connectivity index (χ2v) is 6.83. The van der Waals surface area contributed by atoms with E-state index in [4.69, 9.17) is 9.47 Å². The van der Waals surface area contributed by atoms with Gasteiger partial charge in [0.1, 0.15) is 5.75 Å². The highest BCUT2D eigenvalue weighted by Gasteiger charge is 2.34. The zero-order chi connectivity index (χ0) is 17.2. The molecule has 2 N–H and O–H groups in total. The van der Waals surface area contributed by atoms with E-state index in [1.807, 2.05) is 0 Å². The summed E-state index contributed by atoms with van der Waals surface area (Å²) in [5, 5.41) is 5.84. The Labute approximate surface area is 146 Å². The Morgan fingerprint density at radius 1 is 1.20 bits per heavy atom. The normalized spacial score (nSPS) is 26.5. The van der Waals surface area contributed by atoms with E-state index in [2.05, 4.69) is 15.5 Å². The van der Waals surface area contributed by atoms with Crippen LogP contribution in [0.4, 0.5) is 5.69 Å². The minimum Gasteiger partial charge on any atom is -0.482 e. The van der Waals surface area contributed by atoms with Crippen LogP contribution in [0.5, 0.6) is 5.75 Å². The lowest BCUT2D eigenvalue weighted by molar-refractivity contribution is -0.118. The molecule has 0 spiro atoms. The second-order valence-electron chi connectivity index (χ2n) is 6.83. The maximum absolute atomic E-state index is 12.7. The van der Waals surface area contributed by atoms with E-state index in [-0.39, 0.29) is 30.5 Å². The molecule has 3 aliphatic rings. The fraction of sp³-hybridized carbons (Fsp3) is 0.556. The average molecular weight is 345 g/mol. The third-order valence-electron chi connectivity index (χ3n) is 5.10. The first kappa shape index (κ1) is 16.4. The van der Waals surface area contributed by atoms with Gasteiger partial charge < -0.3 is 20.1 Å². The molecule has 0 aromatic heterocycles. The van der Waals surface area contributed by atoms with Crippen molar-refractivity contribution in [1.82, 2.24) is 10.2 Å². The topological polar surface area (TPSA) is 79.9 Å². The van der Waals surface area contributed by atoms with Gasteiger partial charge in [0.15, 0.2) is 6.61 Å². The minimum absolute atomic E-state index is 0.00209. The lowest BCUT2D eigenvalue weighted by Gasteiger charge is -2.34. The highest BCUT2D eigenvalue weighted by molar-refractivity contribution is 5.99. The van der Waals surface area contributed by atoms with Crippen molar-refractivity contribution in [3.05, 3.63) is 23.8 Å². The molecule has 25 heavy (non-hydrogen) atoms. The molecule has 0 bridgehead atoms. The molecule has 2 fully saturated rings. The first-order valence-electron chi connectivity index (χ1n) is 8.90. The van der Waals surface area contributed by atoms with Gasteiger partial charge in [0.2, 0.25) is 0 Å². The molecule has 7 nitrogen and oxygen atoms in total. The van der Waals surface area contributed by atoms with E-state index < -0.39 is 0 Å². The molecule has 0 aliphatic carbocycles. The molecule has 0 unspecified atom stereocenters. The number of nitrogens with zero attached hydrogens (tertiary/aromatic N) is 1. The van der Waals surface area contributed by atoms with Gasteiger partial charge in [-0.3, -0.25) is 14.5 Å². The van der Waals surface area contributed by atoms with Crippen LogP contribution in [0.25, 0.3) is 0 Å². The van der Waals surface area contributed by atoms with Gasteiger partial charge in [-0.15, -0.1) is 0 Å². The van der Waals surface area contributed by atoms with Crippen molar-refractivity contribution in [2.24, 2.45) is 0 Å². The number of anilines is 1. The predicted octanol–water partition coefficient (Wildman–Crippen LogP) is 1.00. The number of piperidine rings is 1. The van der Waals surface area contributed by atoms with Gasteiger partial charge in [-0.05, 0) is 44.1 Å². The van der Waals surface area contributed by atoms with Gasteiger partial charge in [-0.25, -0.2) is 0 Å². The number of carbonyl (C=O) groups is 2. The highest BCUT2D eigenvalue weighted by atomic mass is 16.5. The van der Waals surface area contributed by atoms with E-state index >= 15 is 0 Å². The number of hydrogen-bond acceptors (Lipinski definition) is 5. The highest BCUT2D eigenvalue weighted by Crippen LogP contribution is 2.28. The number of ether oxygens (including phenoxy) is 2. The number of amides is 2. The lowest BCUT2D eigenvalue weighted by atomic mass is 10.0. The maximum Gasteiger partial charge on any atom is 0.262 e. The van der Waals surface area contributed by atoms with Crippen LogP contribution in [0.2, 0.25) is 0 Å². The monoisotopic (exact) mass is 345 g/mol. The summed E-state index contributed by atoms with van der Waals surface area (Å²) in [6.07, 6.45) is 3.71. The third-order valence-corrected chi connectivity index (χ3v) is 5.10. The molecule has 2 amide bonds. The smallest absolute Gasteiger partial charge is 0.262 e. The number of rotatable bonds is 3. The molecular weight excluding hydrogens is 322 g/mol. The summed E-state index contributed by atoms with van der Waals surface area (Å²) >= 11 is 0. The van der Waals surface area contributed by atoms with Crippen molar-refractivity contribution in [3.63, 3.8) is 0 Å².